The van der Waals surface area contributed by atoms with Crippen molar-refractivity contribution in [2.75, 3.05) is 46.4 Å². The van der Waals surface area contributed by atoms with E-state index in [2.05, 4.69) is 23.6 Å². The first-order chi connectivity index (χ1) is 16.2. The zero-order valence-corrected chi connectivity index (χ0v) is 21.8. The van der Waals surface area contributed by atoms with E-state index in [9.17, 15) is 18.0 Å². The fraction of sp³-hybridized carbons (Fsp3) is 0.731. The summed E-state index contributed by atoms with van der Waals surface area (Å²) in [6.45, 7) is 14.3. The number of carbonyl (C=O) groups is 1. The van der Waals surface area contributed by atoms with Crippen LogP contribution in [0.4, 0.5) is 18.0 Å². The molecular formula is C26H40F3N3O3. The predicted octanol–water partition coefficient (Wildman–Crippen LogP) is 5.19. The van der Waals surface area contributed by atoms with Crippen LogP contribution >= 0.6 is 0 Å². The fourth-order valence-corrected chi connectivity index (χ4v) is 5.17. The number of benzene rings is 1. The molecule has 1 amide bonds. The van der Waals surface area contributed by atoms with Gasteiger partial charge in [0.2, 0.25) is 0 Å². The van der Waals surface area contributed by atoms with E-state index >= 15 is 0 Å². The van der Waals surface area contributed by atoms with Gasteiger partial charge in [0, 0.05) is 51.4 Å². The highest BCUT2D eigenvalue weighted by molar-refractivity contribution is 5.68. The van der Waals surface area contributed by atoms with Crippen LogP contribution in [0.5, 0.6) is 0 Å². The summed E-state index contributed by atoms with van der Waals surface area (Å²) in [5.41, 5.74) is -0.322. The topological polar surface area (TPSA) is 45.2 Å². The third kappa shape index (κ3) is 6.89. The van der Waals surface area contributed by atoms with Crippen LogP contribution in [0.1, 0.15) is 64.6 Å². The van der Waals surface area contributed by atoms with E-state index < -0.39 is 17.3 Å². The summed E-state index contributed by atoms with van der Waals surface area (Å²) in [6.07, 6.45) is -2.85. The first-order valence-corrected chi connectivity index (χ1v) is 12.4. The van der Waals surface area contributed by atoms with Gasteiger partial charge in [0.05, 0.1) is 18.2 Å². The molecule has 35 heavy (non-hydrogen) atoms. The average Bonchev–Trinajstić information content (AvgIpc) is 2.76. The van der Waals surface area contributed by atoms with Crippen LogP contribution in [0.3, 0.4) is 0 Å². The van der Waals surface area contributed by atoms with Gasteiger partial charge in [0.15, 0.2) is 0 Å². The van der Waals surface area contributed by atoms with E-state index in [0.29, 0.717) is 19.7 Å². The zero-order chi connectivity index (χ0) is 26.0. The van der Waals surface area contributed by atoms with E-state index in [1.165, 1.54) is 0 Å². The molecule has 2 atom stereocenters. The minimum absolute atomic E-state index is 0.00995. The first kappa shape index (κ1) is 27.7. The van der Waals surface area contributed by atoms with Crippen LogP contribution in [0.25, 0.3) is 0 Å². The number of hydrogen-bond donors (Lipinski definition) is 0. The van der Waals surface area contributed by atoms with E-state index in [0.717, 1.165) is 50.2 Å². The lowest BCUT2D eigenvalue weighted by molar-refractivity contribution is -0.137. The van der Waals surface area contributed by atoms with Gasteiger partial charge in [-0.2, -0.15) is 13.2 Å². The minimum Gasteiger partial charge on any atom is -0.444 e. The maximum atomic E-state index is 13.0. The van der Waals surface area contributed by atoms with Crippen molar-refractivity contribution in [1.29, 1.82) is 0 Å². The van der Waals surface area contributed by atoms with Crippen molar-refractivity contribution >= 4 is 6.09 Å². The second-order valence-electron chi connectivity index (χ2n) is 11.1. The Balaban J connectivity index is 1.63. The van der Waals surface area contributed by atoms with Crippen LogP contribution in [0.2, 0.25) is 0 Å². The Kier molecular flexibility index (Phi) is 8.44. The molecule has 0 spiro atoms. The SMILES string of the molecule is COC[C@@H](c1ccc(C(F)(F)F)cc1)N1CCN(C2(C)CCN(C(=O)OC(C)(C)C)CC2)C[C@@H]1C. The van der Waals surface area contributed by atoms with Gasteiger partial charge in [-0.3, -0.25) is 9.80 Å². The number of alkyl halides is 3. The third-order valence-electron chi connectivity index (χ3n) is 7.28. The number of hydrogen-bond acceptors (Lipinski definition) is 5. The quantitative estimate of drug-likeness (QED) is 0.558. The molecule has 2 aliphatic rings. The van der Waals surface area contributed by atoms with Crippen LogP contribution in [-0.4, -0.2) is 84.4 Å². The summed E-state index contributed by atoms with van der Waals surface area (Å²) in [5, 5.41) is 0. The molecule has 0 aromatic heterocycles. The lowest BCUT2D eigenvalue weighted by Gasteiger charge is -2.52. The van der Waals surface area contributed by atoms with Gasteiger partial charge in [0.25, 0.3) is 0 Å². The Bertz CT molecular complexity index is 846. The normalized spacial score (nSPS) is 23.2. The number of methoxy groups -OCH3 is 1. The molecule has 0 radical (unpaired) electrons. The minimum atomic E-state index is -4.34. The molecule has 9 heteroatoms. The first-order valence-electron chi connectivity index (χ1n) is 12.4. The molecule has 2 heterocycles. The standard InChI is InChI=1S/C26H40F3N3O3/c1-19-17-31(25(5)11-13-30(14-12-25)23(33)35-24(2,3)4)15-16-32(19)22(18-34-6)20-7-9-21(10-8-20)26(27,28)29/h7-10,19,22H,11-18H2,1-6H3/t19-,22-/m0/s1. The van der Waals surface area contributed by atoms with E-state index in [1.807, 2.05) is 20.8 Å². The average molecular weight is 500 g/mol. The van der Waals surface area contributed by atoms with Crippen molar-refractivity contribution in [2.24, 2.45) is 0 Å². The molecule has 2 saturated heterocycles. The third-order valence-corrected chi connectivity index (χ3v) is 7.28. The summed E-state index contributed by atoms with van der Waals surface area (Å²) >= 11 is 0. The van der Waals surface area contributed by atoms with Gasteiger partial charge in [-0.25, -0.2) is 4.79 Å². The largest absolute Gasteiger partial charge is 0.444 e. The monoisotopic (exact) mass is 499 g/mol. The molecule has 1 aromatic carbocycles. The fourth-order valence-electron chi connectivity index (χ4n) is 5.17. The van der Waals surface area contributed by atoms with Gasteiger partial charge in [-0.05, 0) is 65.2 Å². The van der Waals surface area contributed by atoms with Crippen molar-refractivity contribution in [1.82, 2.24) is 14.7 Å². The van der Waals surface area contributed by atoms with E-state index in [-0.39, 0.29) is 23.7 Å². The van der Waals surface area contributed by atoms with Crippen molar-refractivity contribution < 1.29 is 27.4 Å². The maximum absolute atomic E-state index is 13.0. The Hall–Kier alpha value is -1.84. The van der Waals surface area contributed by atoms with Crippen molar-refractivity contribution in [3.05, 3.63) is 35.4 Å². The van der Waals surface area contributed by atoms with Crippen molar-refractivity contribution in [3.63, 3.8) is 0 Å². The molecule has 0 unspecified atom stereocenters. The summed E-state index contributed by atoms with van der Waals surface area (Å²) in [6, 6.07) is 5.53. The number of ether oxygens (including phenoxy) is 2. The molecular weight excluding hydrogens is 459 g/mol. The van der Waals surface area contributed by atoms with E-state index in [4.69, 9.17) is 9.47 Å². The number of likely N-dealkylation sites (tertiary alicyclic amines) is 1. The second kappa shape index (κ2) is 10.6. The van der Waals surface area contributed by atoms with Gasteiger partial charge in [0.1, 0.15) is 5.60 Å². The molecule has 198 valence electrons. The molecule has 1 aromatic rings. The molecule has 0 N–H and O–H groups in total. The van der Waals surface area contributed by atoms with Crippen molar-refractivity contribution in [2.45, 2.75) is 76.9 Å². The highest BCUT2D eigenvalue weighted by Crippen LogP contribution is 2.35. The van der Waals surface area contributed by atoms with Crippen LogP contribution in [-0.2, 0) is 15.7 Å². The Morgan fingerprint density at radius 1 is 1.09 bits per heavy atom. The molecule has 0 bridgehead atoms. The zero-order valence-electron chi connectivity index (χ0n) is 21.8. The van der Waals surface area contributed by atoms with Gasteiger partial charge in [-0.1, -0.05) is 12.1 Å². The summed E-state index contributed by atoms with van der Waals surface area (Å²) in [5.74, 6) is 0. The number of carbonyl (C=O) groups excluding carboxylic acids is 1. The van der Waals surface area contributed by atoms with Gasteiger partial charge in [-0.15, -0.1) is 0 Å². The number of rotatable bonds is 5. The lowest BCUT2D eigenvalue weighted by atomic mass is 9.86. The Morgan fingerprint density at radius 2 is 1.69 bits per heavy atom. The number of piperazine rings is 1. The summed E-state index contributed by atoms with van der Waals surface area (Å²) < 4.78 is 50.0. The van der Waals surface area contributed by atoms with E-state index in [1.54, 1.807) is 24.1 Å². The Labute approximate surface area is 207 Å². The highest BCUT2D eigenvalue weighted by Gasteiger charge is 2.41. The van der Waals surface area contributed by atoms with Gasteiger partial charge >= 0.3 is 12.3 Å². The highest BCUT2D eigenvalue weighted by atomic mass is 19.4. The van der Waals surface area contributed by atoms with Crippen LogP contribution < -0.4 is 0 Å². The second-order valence-corrected chi connectivity index (χ2v) is 11.1. The molecule has 2 fully saturated rings. The Morgan fingerprint density at radius 3 is 2.17 bits per heavy atom. The maximum Gasteiger partial charge on any atom is 0.416 e. The molecule has 6 nitrogen and oxygen atoms in total. The number of halogens is 3. The smallest absolute Gasteiger partial charge is 0.416 e. The molecule has 0 aliphatic carbocycles. The summed E-state index contributed by atoms with van der Waals surface area (Å²) in [4.78, 5) is 19.1. The number of nitrogens with zero attached hydrogens (tertiary/aromatic N) is 3. The lowest BCUT2D eigenvalue weighted by Crippen LogP contribution is -2.62. The number of piperidine rings is 1. The van der Waals surface area contributed by atoms with Crippen LogP contribution in [0.15, 0.2) is 24.3 Å². The van der Waals surface area contributed by atoms with Crippen LogP contribution in [0, 0.1) is 0 Å². The molecule has 2 aliphatic heterocycles. The van der Waals surface area contributed by atoms with Gasteiger partial charge < -0.3 is 14.4 Å². The summed E-state index contributed by atoms with van der Waals surface area (Å²) in [7, 11) is 1.62. The molecule has 3 rings (SSSR count). The predicted molar refractivity (Wildman–Crippen MR) is 129 cm³/mol. The molecule has 0 saturated carbocycles. The number of amides is 1. The van der Waals surface area contributed by atoms with Crippen molar-refractivity contribution in [3.8, 4) is 0 Å².